The van der Waals surface area contributed by atoms with Gasteiger partial charge in [0.2, 0.25) is 0 Å². The molecule has 1 aliphatic heterocycles. The predicted molar refractivity (Wildman–Crippen MR) is 101 cm³/mol. The number of carbonyl (C=O) groups is 1. The number of benzene rings is 1. The quantitative estimate of drug-likeness (QED) is 0.676. The molecule has 25 heavy (non-hydrogen) atoms. The number of rotatable bonds is 4. The van der Waals surface area contributed by atoms with Crippen LogP contribution in [0.4, 0.5) is 5.69 Å². The zero-order valence-electron chi connectivity index (χ0n) is 15.0. The number of hydrazone groups is 1. The first-order valence-electron chi connectivity index (χ1n) is 8.41. The lowest BCUT2D eigenvalue weighted by molar-refractivity contribution is 0.0927. The van der Waals surface area contributed by atoms with Gasteiger partial charge in [0.25, 0.3) is 0 Å². The topological polar surface area (TPSA) is 57.8 Å². The Hall–Kier alpha value is -2.82. The van der Waals surface area contributed by atoms with Gasteiger partial charge in [-0.05, 0) is 63.1 Å². The van der Waals surface area contributed by atoms with Gasteiger partial charge in [0.15, 0.2) is 5.76 Å². The molecule has 5 nitrogen and oxygen atoms in total. The van der Waals surface area contributed by atoms with Gasteiger partial charge in [-0.2, -0.15) is 5.10 Å². The van der Waals surface area contributed by atoms with E-state index in [0.29, 0.717) is 0 Å². The summed E-state index contributed by atoms with van der Waals surface area (Å²) in [5.74, 6) is -0.128. The minimum atomic E-state index is -0.366. The third-order valence-electron chi connectivity index (χ3n) is 4.44. The maximum atomic E-state index is 11.8. The third-order valence-corrected chi connectivity index (χ3v) is 4.44. The van der Waals surface area contributed by atoms with E-state index in [1.54, 1.807) is 18.3 Å². The summed E-state index contributed by atoms with van der Waals surface area (Å²) in [6.45, 7) is 9.69. The number of fused-ring (bicyclic) bond motifs is 1. The lowest BCUT2D eigenvalue weighted by Crippen LogP contribution is -2.44. The van der Waals surface area contributed by atoms with Crippen LogP contribution in [0.2, 0.25) is 0 Å². The lowest BCUT2D eigenvalue weighted by Gasteiger charge is -2.42. The largest absolute Gasteiger partial charge is 0.459 e. The molecule has 0 fully saturated rings. The molecule has 0 spiro atoms. The molecule has 1 aromatic heterocycles. The Balaban J connectivity index is 1.81. The standard InChI is InChI=1S/C20H23N3O2/c1-5-23-17-9-8-15(11-16(17)14(2)12-20(23,3)4)13-21-22-19(24)18-7-6-10-25-18/h6-13H,5H2,1-4H3,(H,22,24)/b21-13+. The van der Waals surface area contributed by atoms with Crippen molar-refractivity contribution < 1.29 is 9.21 Å². The number of amides is 1. The molecule has 3 rings (SSSR count). The van der Waals surface area contributed by atoms with E-state index >= 15 is 0 Å². The van der Waals surface area contributed by atoms with Crippen LogP contribution in [0.25, 0.3) is 5.57 Å². The molecule has 0 atom stereocenters. The highest BCUT2D eigenvalue weighted by Gasteiger charge is 2.29. The Bertz CT molecular complexity index is 833. The second-order valence-corrected chi connectivity index (χ2v) is 6.68. The third kappa shape index (κ3) is 3.36. The summed E-state index contributed by atoms with van der Waals surface area (Å²) >= 11 is 0. The highest BCUT2D eigenvalue weighted by atomic mass is 16.3. The SMILES string of the molecule is CCN1c2ccc(/C=N/NC(=O)c3ccco3)cc2C(C)=CC1(C)C. The van der Waals surface area contributed by atoms with Gasteiger partial charge in [-0.3, -0.25) is 4.79 Å². The Kier molecular flexibility index (Phi) is 4.49. The maximum absolute atomic E-state index is 11.8. The molecule has 0 unspecified atom stereocenters. The first-order valence-corrected chi connectivity index (χ1v) is 8.41. The van der Waals surface area contributed by atoms with Crippen molar-refractivity contribution >= 4 is 23.4 Å². The van der Waals surface area contributed by atoms with Gasteiger partial charge >= 0.3 is 5.91 Å². The van der Waals surface area contributed by atoms with Gasteiger partial charge in [0.1, 0.15) is 0 Å². The van der Waals surface area contributed by atoms with Crippen molar-refractivity contribution in [3.8, 4) is 0 Å². The van der Waals surface area contributed by atoms with Gasteiger partial charge in [0, 0.05) is 17.8 Å². The predicted octanol–water partition coefficient (Wildman–Crippen LogP) is 4.07. The van der Waals surface area contributed by atoms with Crippen LogP contribution in [0.3, 0.4) is 0 Å². The zero-order chi connectivity index (χ0) is 18.0. The van der Waals surface area contributed by atoms with E-state index in [4.69, 9.17) is 4.42 Å². The fourth-order valence-corrected chi connectivity index (χ4v) is 3.39. The number of furan rings is 1. The Labute approximate surface area is 148 Å². The summed E-state index contributed by atoms with van der Waals surface area (Å²) < 4.78 is 5.03. The van der Waals surface area contributed by atoms with Crippen molar-refractivity contribution in [1.82, 2.24) is 5.43 Å². The van der Waals surface area contributed by atoms with Crippen molar-refractivity contribution in [2.75, 3.05) is 11.4 Å². The van der Waals surface area contributed by atoms with Crippen LogP contribution < -0.4 is 10.3 Å². The molecular weight excluding hydrogens is 314 g/mol. The Morgan fingerprint density at radius 2 is 2.16 bits per heavy atom. The summed E-state index contributed by atoms with van der Waals surface area (Å²) in [6, 6.07) is 9.49. The molecule has 0 saturated carbocycles. The monoisotopic (exact) mass is 337 g/mol. The van der Waals surface area contributed by atoms with Crippen molar-refractivity contribution in [3.05, 3.63) is 59.6 Å². The van der Waals surface area contributed by atoms with Crippen molar-refractivity contribution in [3.63, 3.8) is 0 Å². The minimum Gasteiger partial charge on any atom is -0.459 e. The van der Waals surface area contributed by atoms with E-state index in [9.17, 15) is 4.79 Å². The molecule has 5 heteroatoms. The van der Waals surface area contributed by atoms with Gasteiger partial charge in [-0.1, -0.05) is 12.1 Å². The maximum Gasteiger partial charge on any atom is 0.307 e. The molecule has 0 aliphatic carbocycles. The number of carbonyl (C=O) groups excluding carboxylic acids is 1. The summed E-state index contributed by atoms with van der Waals surface area (Å²) in [7, 11) is 0. The highest BCUT2D eigenvalue weighted by Crippen LogP contribution is 2.38. The van der Waals surface area contributed by atoms with Gasteiger partial charge in [0.05, 0.1) is 18.0 Å². The van der Waals surface area contributed by atoms with Crippen molar-refractivity contribution in [2.45, 2.75) is 33.2 Å². The van der Waals surface area contributed by atoms with Crippen LogP contribution in [-0.4, -0.2) is 24.2 Å². The van der Waals surface area contributed by atoms with Crippen LogP contribution in [0.1, 0.15) is 49.4 Å². The van der Waals surface area contributed by atoms with Crippen LogP contribution >= 0.6 is 0 Å². The molecule has 1 aromatic carbocycles. The fourth-order valence-electron chi connectivity index (χ4n) is 3.39. The van der Waals surface area contributed by atoms with Crippen molar-refractivity contribution in [2.24, 2.45) is 5.10 Å². The molecular formula is C20H23N3O2. The van der Waals surface area contributed by atoms with E-state index in [1.165, 1.54) is 23.1 Å². The van der Waals surface area contributed by atoms with Crippen LogP contribution in [-0.2, 0) is 0 Å². The van der Waals surface area contributed by atoms with E-state index in [-0.39, 0.29) is 17.2 Å². The van der Waals surface area contributed by atoms with E-state index < -0.39 is 0 Å². The summed E-state index contributed by atoms with van der Waals surface area (Å²) in [4.78, 5) is 14.2. The molecule has 0 bridgehead atoms. The van der Waals surface area contributed by atoms with Gasteiger partial charge in [-0.25, -0.2) is 5.43 Å². The van der Waals surface area contributed by atoms with Gasteiger partial charge in [-0.15, -0.1) is 0 Å². The highest BCUT2D eigenvalue weighted by molar-refractivity contribution is 5.93. The molecule has 1 N–H and O–H groups in total. The average molecular weight is 337 g/mol. The number of nitrogens with one attached hydrogen (secondary N) is 1. The first kappa shape index (κ1) is 17.0. The van der Waals surface area contributed by atoms with Crippen LogP contribution in [0.5, 0.6) is 0 Å². The number of allylic oxidation sites excluding steroid dienone is 1. The fraction of sp³-hybridized carbons (Fsp3) is 0.300. The second-order valence-electron chi connectivity index (χ2n) is 6.68. The normalized spacial score (nSPS) is 15.8. The molecule has 0 saturated heterocycles. The lowest BCUT2D eigenvalue weighted by atomic mass is 9.88. The van der Waals surface area contributed by atoms with Crippen LogP contribution in [0.15, 0.2) is 52.2 Å². The number of anilines is 1. The molecule has 2 aromatic rings. The average Bonchev–Trinajstić information content (AvgIpc) is 3.09. The number of likely N-dealkylation sites (N-methyl/N-ethyl adjacent to an activating group) is 1. The molecule has 1 amide bonds. The molecule has 130 valence electrons. The smallest absolute Gasteiger partial charge is 0.307 e. The summed E-state index contributed by atoms with van der Waals surface area (Å²) in [5.41, 5.74) is 7.07. The van der Waals surface area contributed by atoms with E-state index in [1.807, 2.05) is 6.07 Å². The number of hydrogen-bond donors (Lipinski definition) is 1. The number of hydrogen-bond acceptors (Lipinski definition) is 4. The second kappa shape index (κ2) is 6.59. The first-order chi connectivity index (χ1) is 11.9. The molecule has 2 heterocycles. The zero-order valence-corrected chi connectivity index (χ0v) is 15.0. The summed E-state index contributed by atoms with van der Waals surface area (Å²) in [6.07, 6.45) is 5.39. The number of nitrogens with zero attached hydrogens (tertiary/aromatic N) is 2. The van der Waals surface area contributed by atoms with Gasteiger partial charge < -0.3 is 9.32 Å². The molecule has 1 aliphatic rings. The minimum absolute atomic E-state index is 0.00153. The Morgan fingerprint density at radius 1 is 1.36 bits per heavy atom. The summed E-state index contributed by atoms with van der Waals surface area (Å²) in [5, 5.41) is 4.02. The van der Waals surface area contributed by atoms with E-state index in [2.05, 4.69) is 61.3 Å². The Morgan fingerprint density at radius 3 is 2.84 bits per heavy atom. The molecule has 0 radical (unpaired) electrons. The van der Waals surface area contributed by atoms with E-state index in [0.717, 1.165) is 12.1 Å². The van der Waals surface area contributed by atoms with Crippen molar-refractivity contribution in [1.29, 1.82) is 0 Å². The van der Waals surface area contributed by atoms with Crippen LogP contribution in [0, 0.1) is 0 Å².